The second-order valence-electron chi connectivity index (χ2n) is 4.77. The van der Waals surface area contributed by atoms with Gasteiger partial charge < -0.3 is 10.1 Å². The third-order valence-corrected chi connectivity index (χ3v) is 3.15. The highest BCUT2D eigenvalue weighted by atomic mass is 16.4. The summed E-state index contributed by atoms with van der Waals surface area (Å²) in [5.41, 5.74) is 3.57. The van der Waals surface area contributed by atoms with Crippen molar-refractivity contribution < 1.29 is 9.90 Å². The Morgan fingerprint density at radius 3 is 2.75 bits per heavy atom. The van der Waals surface area contributed by atoms with Crippen molar-refractivity contribution in [1.82, 2.24) is 15.0 Å². The highest BCUT2D eigenvalue weighted by Gasteiger charge is 2.13. The lowest BCUT2D eigenvalue weighted by atomic mass is 10.1. The molecule has 5 heteroatoms. The molecule has 100 valence electrons. The minimum atomic E-state index is -1.05. The van der Waals surface area contributed by atoms with Gasteiger partial charge in [0.25, 0.3) is 0 Å². The summed E-state index contributed by atoms with van der Waals surface area (Å²) in [6, 6.07) is 7.50. The van der Waals surface area contributed by atoms with Crippen molar-refractivity contribution >= 4 is 16.9 Å². The van der Waals surface area contributed by atoms with Crippen LogP contribution in [0.15, 0.2) is 30.5 Å². The van der Waals surface area contributed by atoms with Gasteiger partial charge in [-0.15, -0.1) is 0 Å². The number of benzene rings is 1. The molecule has 0 aliphatic heterocycles. The molecule has 0 bridgehead atoms. The number of rotatable bonds is 2. The van der Waals surface area contributed by atoms with E-state index in [-0.39, 0.29) is 5.69 Å². The van der Waals surface area contributed by atoms with Gasteiger partial charge in [0.1, 0.15) is 0 Å². The Hall–Kier alpha value is -2.69. The van der Waals surface area contributed by atoms with Crippen LogP contribution < -0.4 is 0 Å². The summed E-state index contributed by atoms with van der Waals surface area (Å²) in [6.07, 6.45) is 1.81. The van der Waals surface area contributed by atoms with Crippen LogP contribution in [0.2, 0.25) is 0 Å². The molecule has 2 N–H and O–H groups in total. The Balaban J connectivity index is 2.25. The first-order valence-electron chi connectivity index (χ1n) is 6.21. The topological polar surface area (TPSA) is 78.9 Å². The number of carbonyl (C=O) groups is 1. The molecule has 0 spiro atoms. The van der Waals surface area contributed by atoms with Crippen LogP contribution in [0, 0.1) is 13.8 Å². The molecular formula is C15H13N3O2. The van der Waals surface area contributed by atoms with Gasteiger partial charge in [-0.3, -0.25) is 0 Å². The summed E-state index contributed by atoms with van der Waals surface area (Å²) in [5.74, 6) is -0.618. The summed E-state index contributed by atoms with van der Waals surface area (Å²) < 4.78 is 0. The smallest absolute Gasteiger partial charge is 0.354 e. The number of aromatic nitrogens is 3. The van der Waals surface area contributed by atoms with Gasteiger partial charge in [0.15, 0.2) is 11.5 Å². The van der Waals surface area contributed by atoms with E-state index in [1.807, 2.05) is 31.3 Å². The number of hydrogen-bond donors (Lipinski definition) is 2. The Labute approximate surface area is 115 Å². The van der Waals surface area contributed by atoms with E-state index in [4.69, 9.17) is 5.11 Å². The number of carboxylic acids is 1. The van der Waals surface area contributed by atoms with E-state index in [0.29, 0.717) is 11.5 Å². The fourth-order valence-electron chi connectivity index (χ4n) is 2.22. The Bertz CT molecular complexity index is 821. The van der Waals surface area contributed by atoms with Gasteiger partial charge in [0, 0.05) is 28.4 Å². The van der Waals surface area contributed by atoms with Crippen LogP contribution in [-0.4, -0.2) is 26.0 Å². The van der Waals surface area contributed by atoms with Crippen LogP contribution in [0.4, 0.5) is 0 Å². The average Bonchev–Trinajstić information content (AvgIpc) is 2.80. The number of H-pyrrole nitrogens is 1. The van der Waals surface area contributed by atoms with Crippen LogP contribution in [0.3, 0.4) is 0 Å². The molecule has 0 saturated heterocycles. The summed E-state index contributed by atoms with van der Waals surface area (Å²) in [5, 5.41) is 10.1. The fraction of sp³-hybridized carbons (Fsp3) is 0.133. The number of aromatic amines is 1. The number of aryl methyl sites for hydroxylation is 2. The van der Waals surface area contributed by atoms with Crippen molar-refractivity contribution in [3.05, 3.63) is 47.4 Å². The molecule has 0 radical (unpaired) electrons. The number of nitrogens with zero attached hydrogens (tertiary/aromatic N) is 2. The van der Waals surface area contributed by atoms with E-state index < -0.39 is 5.97 Å². The highest BCUT2D eigenvalue weighted by molar-refractivity contribution is 5.95. The van der Waals surface area contributed by atoms with Gasteiger partial charge >= 0.3 is 5.97 Å². The Morgan fingerprint density at radius 1 is 1.20 bits per heavy atom. The number of nitrogens with one attached hydrogen (secondary N) is 1. The molecule has 0 unspecified atom stereocenters. The third kappa shape index (κ3) is 2.03. The Morgan fingerprint density at radius 2 is 2.00 bits per heavy atom. The molecule has 5 nitrogen and oxygen atoms in total. The predicted octanol–water partition coefficient (Wildman–Crippen LogP) is 2.94. The lowest BCUT2D eigenvalue weighted by Crippen LogP contribution is -2.04. The molecular weight excluding hydrogens is 254 g/mol. The molecule has 0 aliphatic rings. The molecule has 0 amide bonds. The first kappa shape index (κ1) is 12.3. The Kier molecular flexibility index (Phi) is 2.75. The van der Waals surface area contributed by atoms with E-state index in [0.717, 1.165) is 22.0 Å². The fourth-order valence-corrected chi connectivity index (χ4v) is 2.22. The van der Waals surface area contributed by atoms with E-state index in [1.54, 1.807) is 6.92 Å². The molecule has 2 heterocycles. The van der Waals surface area contributed by atoms with E-state index in [2.05, 4.69) is 15.0 Å². The summed E-state index contributed by atoms with van der Waals surface area (Å²) in [7, 11) is 0. The maximum atomic E-state index is 11.1. The zero-order chi connectivity index (χ0) is 14.3. The molecule has 20 heavy (non-hydrogen) atoms. The zero-order valence-corrected chi connectivity index (χ0v) is 11.1. The van der Waals surface area contributed by atoms with Crippen LogP contribution in [0.1, 0.15) is 21.7 Å². The molecule has 3 rings (SSSR count). The monoisotopic (exact) mass is 267 g/mol. The first-order chi connectivity index (χ1) is 9.54. The number of carboxylic acid groups (broad SMARTS) is 1. The number of aromatic carboxylic acids is 1. The summed E-state index contributed by atoms with van der Waals surface area (Å²) >= 11 is 0. The van der Waals surface area contributed by atoms with E-state index >= 15 is 0 Å². The van der Waals surface area contributed by atoms with Gasteiger partial charge in [-0.05, 0) is 32.0 Å². The molecule has 0 aliphatic carbocycles. The number of hydrogen-bond acceptors (Lipinski definition) is 3. The lowest BCUT2D eigenvalue weighted by Gasteiger charge is -2.03. The minimum Gasteiger partial charge on any atom is -0.477 e. The van der Waals surface area contributed by atoms with Crippen LogP contribution in [0.5, 0.6) is 0 Å². The highest BCUT2D eigenvalue weighted by Crippen LogP contribution is 2.27. The molecule has 0 saturated carbocycles. The second kappa shape index (κ2) is 4.45. The lowest BCUT2D eigenvalue weighted by molar-refractivity contribution is 0.0690. The van der Waals surface area contributed by atoms with Gasteiger partial charge in [0.05, 0.1) is 0 Å². The van der Waals surface area contributed by atoms with Crippen LogP contribution >= 0.6 is 0 Å². The summed E-state index contributed by atoms with van der Waals surface area (Å²) in [6.45, 7) is 3.77. The molecule has 0 atom stereocenters. The van der Waals surface area contributed by atoms with E-state index in [1.165, 1.54) is 6.07 Å². The third-order valence-electron chi connectivity index (χ3n) is 3.15. The van der Waals surface area contributed by atoms with Gasteiger partial charge in [-0.2, -0.15) is 0 Å². The average molecular weight is 267 g/mol. The van der Waals surface area contributed by atoms with Crippen molar-refractivity contribution in [3.63, 3.8) is 0 Å². The van der Waals surface area contributed by atoms with Crippen molar-refractivity contribution in [2.75, 3.05) is 0 Å². The molecule has 0 fully saturated rings. The SMILES string of the molecule is Cc1ccc2[nH]cc(-c3nc(C)cc(C(=O)O)n3)c2c1. The largest absolute Gasteiger partial charge is 0.477 e. The van der Waals surface area contributed by atoms with Crippen molar-refractivity contribution in [2.45, 2.75) is 13.8 Å². The zero-order valence-electron chi connectivity index (χ0n) is 11.1. The number of fused-ring (bicyclic) bond motifs is 1. The normalized spacial score (nSPS) is 10.9. The molecule has 3 aromatic rings. The van der Waals surface area contributed by atoms with Crippen LogP contribution in [-0.2, 0) is 0 Å². The van der Waals surface area contributed by atoms with E-state index in [9.17, 15) is 4.79 Å². The van der Waals surface area contributed by atoms with Crippen molar-refractivity contribution in [1.29, 1.82) is 0 Å². The molecule has 1 aromatic carbocycles. The maximum Gasteiger partial charge on any atom is 0.354 e. The summed E-state index contributed by atoms with van der Waals surface area (Å²) in [4.78, 5) is 22.7. The van der Waals surface area contributed by atoms with Gasteiger partial charge in [-0.25, -0.2) is 14.8 Å². The molecule has 2 aromatic heterocycles. The van der Waals surface area contributed by atoms with Crippen molar-refractivity contribution in [2.24, 2.45) is 0 Å². The first-order valence-corrected chi connectivity index (χ1v) is 6.21. The van der Waals surface area contributed by atoms with Gasteiger partial charge in [0.2, 0.25) is 0 Å². The van der Waals surface area contributed by atoms with Crippen molar-refractivity contribution in [3.8, 4) is 11.4 Å². The second-order valence-corrected chi connectivity index (χ2v) is 4.77. The minimum absolute atomic E-state index is 0.00880. The maximum absolute atomic E-state index is 11.1. The van der Waals surface area contributed by atoms with Crippen LogP contribution in [0.25, 0.3) is 22.3 Å². The van der Waals surface area contributed by atoms with Gasteiger partial charge in [-0.1, -0.05) is 11.6 Å². The standard InChI is InChI=1S/C15H13N3O2/c1-8-3-4-12-10(5-8)11(7-16-12)14-17-9(2)6-13(18-14)15(19)20/h3-7,16H,1-2H3,(H,19,20). The predicted molar refractivity (Wildman–Crippen MR) is 75.8 cm³/mol. The quantitative estimate of drug-likeness (QED) is 0.748.